The number of hydrogen-bond acceptors (Lipinski definition) is 10. The van der Waals surface area contributed by atoms with E-state index in [9.17, 15) is 10.2 Å². The number of aromatic nitrogens is 12. The number of tetrazole rings is 2. The van der Waals surface area contributed by atoms with Crippen molar-refractivity contribution in [3.8, 4) is 45.0 Å². The van der Waals surface area contributed by atoms with Crippen LogP contribution >= 0.6 is 23.2 Å². The summed E-state index contributed by atoms with van der Waals surface area (Å²) in [5.74, 6) is 3.12. The first-order valence-corrected chi connectivity index (χ1v) is 23.2. The second kappa shape index (κ2) is 22.6. The molecule has 67 heavy (non-hydrogen) atoms. The van der Waals surface area contributed by atoms with E-state index in [1.54, 1.807) is 0 Å². The minimum absolute atomic E-state index is 0.131. The van der Waals surface area contributed by atoms with Gasteiger partial charge in [0.15, 0.2) is 16.1 Å². The quantitative estimate of drug-likeness (QED) is 0.0751. The molecule has 0 bridgehead atoms. The second-order valence-electron chi connectivity index (χ2n) is 16.1. The fraction of sp³-hybridized carbons (Fsp3) is 0.255. The van der Waals surface area contributed by atoms with E-state index in [1.165, 1.54) is 0 Å². The van der Waals surface area contributed by atoms with E-state index >= 15 is 0 Å². The van der Waals surface area contributed by atoms with Gasteiger partial charge in [0, 0.05) is 37.1 Å². The van der Waals surface area contributed by atoms with Gasteiger partial charge >= 0.3 is 0 Å². The summed E-state index contributed by atoms with van der Waals surface area (Å²) in [5, 5.41) is 47.4. The maximum Gasteiger partial charge on any atom is 0.205 e. The van der Waals surface area contributed by atoms with Gasteiger partial charge in [-0.25, -0.2) is 14.6 Å². The van der Waals surface area contributed by atoms with Gasteiger partial charge in [0.05, 0.1) is 31.1 Å². The third-order valence-corrected chi connectivity index (χ3v) is 12.2. The average molecular weight is 936 g/mol. The number of aliphatic hydroxyl groups excluding tert-OH is 2. The zero-order chi connectivity index (χ0) is 46.5. The fourth-order valence-electron chi connectivity index (χ4n) is 8.08. The molecule has 0 aliphatic heterocycles. The van der Waals surface area contributed by atoms with Crippen molar-refractivity contribution >= 4 is 23.2 Å². The van der Waals surface area contributed by atoms with Crippen molar-refractivity contribution in [2.24, 2.45) is 0 Å². The number of aryl methyl sites for hydroxylation is 2. The molecule has 0 radical (unpaired) electrons. The van der Waals surface area contributed by atoms with Gasteiger partial charge in [-0.2, -0.15) is 5.21 Å². The number of nitrogens with one attached hydrogen (secondary N) is 1. The molecule has 0 atom stereocenters. The first-order valence-electron chi connectivity index (χ1n) is 22.5. The van der Waals surface area contributed by atoms with Crippen molar-refractivity contribution < 1.29 is 10.2 Å². The Kier molecular flexibility index (Phi) is 15.7. The van der Waals surface area contributed by atoms with Crippen LogP contribution in [0.15, 0.2) is 127 Å². The third-order valence-electron chi connectivity index (χ3n) is 11.6. The number of rotatable bonds is 18. The van der Waals surface area contributed by atoms with E-state index in [1.807, 2.05) is 68.4 Å². The molecule has 3 N–H and O–H groups in total. The van der Waals surface area contributed by atoms with Crippen LogP contribution in [-0.4, -0.2) is 70.1 Å². The largest absolute Gasteiger partial charge is 0.390 e. The molecule has 0 fully saturated rings. The lowest BCUT2D eigenvalue weighted by molar-refractivity contribution is 0.271. The average Bonchev–Trinajstić information content (AvgIpc) is 4.19. The molecule has 4 heterocycles. The van der Waals surface area contributed by atoms with Crippen LogP contribution in [0.4, 0.5) is 0 Å². The normalized spacial score (nSPS) is 11.2. The lowest BCUT2D eigenvalue weighted by Crippen LogP contribution is -2.09. The molecule has 0 aliphatic rings. The Labute approximate surface area is 399 Å². The topological polar surface area (TPSA) is 174 Å². The van der Waals surface area contributed by atoms with Gasteiger partial charge < -0.3 is 19.3 Å². The maximum atomic E-state index is 9.88. The predicted octanol–water partition coefficient (Wildman–Crippen LogP) is 10.1. The first-order chi connectivity index (χ1) is 32.9. The number of benzene rings is 5. The molecule has 4 aromatic heterocycles. The third kappa shape index (κ3) is 11.1. The van der Waals surface area contributed by atoms with Gasteiger partial charge in [0.25, 0.3) is 0 Å². The van der Waals surface area contributed by atoms with Crippen molar-refractivity contribution in [2.75, 3.05) is 0 Å². The number of nitrogens with zero attached hydrogens (tertiary/aromatic N) is 11. The summed E-state index contributed by atoms with van der Waals surface area (Å²) in [6, 6.07) is 43.1. The number of halogens is 2. The van der Waals surface area contributed by atoms with Crippen LogP contribution in [0.5, 0.6) is 0 Å². The van der Waals surface area contributed by atoms with Gasteiger partial charge in [-0.1, -0.05) is 177 Å². The van der Waals surface area contributed by atoms with Gasteiger partial charge in [-0.05, 0) is 67.4 Å². The Morgan fingerprint density at radius 3 is 1.51 bits per heavy atom. The van der Waals surface area contributed by atoms with E-state index < -0.39 is 0 Å². The van der Waals surface area contributed by atoms with Gasteiger partial charge in [0.1, 0.15) is 11.6 Å². The summed E-state index contributed by atoms with van der Waals surface area (Å²) in [6.07, 6.45) is 5.88. The molecule has 9 aromatic rings. The lowest BCUT2D eigenvalue weighted by Gasteiger charge is -2.13. The molecule has 0 spiro atoms. The highest BCUT2D eigenvalue weighted by atomic mass is 35.5. The van der Waals surface area contributed by atoms with Crippen molar-refractivity contribution in [2.45, 2.75) is 85.2 Å². The molecule has 0 unspecified atom stereocenters. The van der Waals surface area contributed by atoms with Gasteiger partial charge in [-0.15, -0.1) is 15.3 Å². The van der Waals surface area contributed by atoms with Crippen molar-refractivity contribution in [1.29, 1.82) is 0 Å². The standard InChI is InChI=1S/C29H29ClN6O.C22H23ClN6O/c1-2-3-13-27-31-28(30)26(20-37)35(27)18-22-14-16-23(17-15-22)24-11-7-8-12-25(24)29-32-33-34-36(29)19-21-9-5-4-6-10-21;1-2-3-8-20-24-21(23)19(14-30)29(20)13-15-9-11-16(12-10-15)17-6-4-5-7-18(17)22-25-27-28-26-22/h4-12,14-17,37H,2-3,13,18-20H2,1H3;4-7,9-12,30H,2-3,8,13-14H2,1H3,(H,25,26,27,28). The molecular weight excluding hydrogens is 884 g/mol. The number of aliphatic hydroxyl groups is 2. The van der Waals surface area contributed by atoms with Crippen LogP contribution in [0, 0.1) is 0 Å². The molecule has 0 amide bonds. The highest BCUT2D eigenvalue weighted by Gasteiger charge is 2.19. The molecule has 0 saturated carbocycles. The monoisotopic (exact) mass is 934 g/mol. The fourth-order valence-corrected chi connectivity index (χ4v) is 8.60. The van der Waals surface area contributed by atoms with Gasteiger partial charge in [-0.3, -0.25) is 0 Å². The zero-order valence-corrected chi connectivity index (χ0v) is 39.0. The van der Waals surface area contributed by atoms with Crippen molar-refractivity contribution in [3.63, 3.8) is 0 Å². The molecule has 342 valence electrons. The number of hydrogen-bond donors (Lipinski definition) is 3. The van der Waals surface area contributed by atoms with E-state index in [-0.39, 0.29) is 13.2 Å². The number of aromatic amines is 1. The van der Waals surface area contributed by atoms with Crippen LogP contribution in [0.1, 0.15) is 79.3 Å². The Hall–Kier alpha value is -6.84. The number of imidazole rings is 2. The summed E-state index contributed by atoms with van der Waals surface area (Å²) < 4.78 is 5.90. The van der Waals surface area contributed by atoms with E-state index in [0.29, 0.717) is 47.2 Å². The molecule has 0 aliphatic carbocycles. The summed E-state index contributed by atoms with van der Waals surface area (Å²) in [6.45, 7) is 5.84. The Morgan fingerprint density at radius 1 is 0.537 bits per heavy atom. The van der Waals surface area contributed by atoms with Crippen LogP contribution in [0.2, 0.25) is 10.3 Å². The minimum Gasteiger partial charge on any atom is -0.390 e. The van der Waals surface area contributed by atoms with E-state index in [0.717, 1.165) is 106 Å². The van der Waals surface area contributed by atoms with E-state index in [4.69, 9.17) is 23.2 Å². The first kappa shape index (κ1) is 46.7. The Balaban J connectivity index is 0.000000186. The van der Waals surface area contributed by atoms with Crippen LogP contribution in [-0.2, 0) is 45.7 Å². The Morgan fingerprint density at radius 2 is 1.01 bits per heavy atom. The number of unbranched alkanes of at least 4 members (excludes halogenated alkanes) is 2. The molecule has 0 saturated heterocycles. The van der Waals surface area contributed by atoms with Crippen LogP contribution in [0.25, 0.3) is 45.0 Å². The maximum absolute atomic E-state index is 9.88. The number of H-pyrrole nitrogens is 1. The van der Waals surface area contributed by atoms with Crippen molar-refractivity contribution in [3.05, 3.63) is 177 Å². The molecule has 14 nitrogen and oxygen atoms in total. The minimum atomic E-state index is -0.138. The van der Waals surface area contributed by atoms with Gasteiger partial charge in [0.2, 0.25) is 5.82 Å². The van der Waals surface area contributed by atoms with Crippen LogP contribution in [0.3, 0.4) is 0 Å². The summed E-state index contributed by atoms with van der Waals surface area (Å²) >= 11 is 12.6. The highest BCUT2D eigenvalue weighted by Crippen LogP contribution is 2.33. The second-order valence-corrected chi connectivity index (χ2v) is 16.8. The van der Waals surface area contributed by atoms with E-state index in [2.05, 4.69) is 133 Å². The van der Waals surface area contributed by atoms with Crippen molar-refractivity contribution in [1.82, 2.24) is 59.9 Å². The SMILES string of the molecule is CCCCc1nc(Cl)c(CO)n1Cc1ccc(-c2ccccc2-c2nn[nH]n2)cc1.CCCCc1nc(Cl)c(CO)n1Cc1ccc(-c2ccccc2-c2nnnn2Cc2ccccc2)cc1. The summed E-state index contributed by atoms with van der Waals surface area (Å²) in [5.41, 5.74) is 10.8. The molecule has 16 heteroatoms. The molecule has 5 aromatic carbocycles. The smallest absolute Gasteiger partial charge is 0.205 e. The Bertz CT molecular complexity index is 2970. The predicted molar refractivity (Wildman–Crippen MR) is 261 cm³/mol. The highest BCUT2D eigenvalue weighted by molar-refractivity contribution is 6.30. The lowest BCUT2D eigenvalue weighted by atomic mass is 9.98. The summed E-state index contributed by atoms with van der Waals surface area (Å²) in [7, 11) is 0. The van der Waals surface area contributed by atoms with Crippen LogP contribution < -0.4 is 0 Å². The molecule has 9 rings (SSSR count). The zero-order valence-electron chi connectivity index (χ0n) is 37.5. The molecular formula is C51H52Cl2N12O2. The summed E-state index contributed by atoms with van der Waals surface area (Å²) in [4.78, 5) is 8.97.